The highest BCUT2D eigenvalue weighted by atomic mass is 35.5. The summed E-state index contributed by atoms with van der Waals surface area (Å²) in [6.45, 7) is 0. The molecule has 0 aliphatic carbocycles. The minimum absolute atomic E-state index is 0.359. The van der Waals surface area contributed by atoms with E-state index in [1.54, 1.807) is 27.4 Å². The van der Waals surface area contributed by atoms with Gasteiger partial charge in [0.25, 0.3) is 0 Å². The van der Waals surface area contributed by atoms with Crippen LogP contribution in [0.5, 0.6) is 17.2 Å². The summed E-state index contributed by atoms with van der Waals surface area (Å²) in [6, 6.07) is 7.31. The highest BCUT2D eigenvalue weighted by molar-refractivity contribution is 7.16. The molecule has 2 rings (SSSR count). The SMILES string of the molecule is COc1cc(OC)c(C(Cl)c2ccc(Cl)s2)cc1OC. The van der Waals surface area contributed by atoms with E-state index in [4.69, 9.17) is 37.4 Å². The monoisotopic (exact) mass is 332 g/mol. The lowest BCUT2D eigenvalue weighted by Crippen LogP contribution is -1.99. The number of benzene rings is 1. The molecule has 1 aromatic carbocycles. The molecule has 1 aromatic heterocycles. The van der Waals surface area contributed by atoms with E-state index in [1.165, 1.54) is 11.3 Å². The van der Waals surface area contributed by atoms with Crippen LogP contribution in [0.4, 0.5) is 0 Å². The lowest BCUT2D eigenvalue weighted by molar-refractivity contribution is 0.347. The lowest BCUT2D eigenvalue weighted by atomic mass is 10.1. The molecule has 6 heteroatoms. The van der Waals surface area contributed by atoms with Gasteiger partial charge in [0.1, 0.15) is 5.75 Å². The molecule has 0 aliphatic rings. The van der Waals surface area contributed by atoms with Gasteiger partial charge in [-0.15, -0.1) is 22.9 Å². The molecule has 1 atom stereocenters. The van der Waals surface area contributed by atoms with Crippen LogP contribution >= 0.6 is 34.5 Å². The van der Waals surface area contributed by atoms with E-state index in [0.29, 0.717) is 21.6 Å². The van der Waals surface area contributed by atoms with Crippen molar-refractivity contribution in [2.24, 2.45) is 0 Å². The first-order valence-electron chi connectivity index (χ1n) is 5.80. The summed E-state index contributed by atoms with van der Waals surface area (Å²) in [4.78, 5) is 0.946. The van der Waals surface area contributed by atoms with Crippen molar-refractivity contribution in [1.29, 1.82) is 0 Å². The van der Waals surface area contributed by atoms with Crippen molar-refractivity contribution in [3.63, 3.8) is 0 Å². The van der Waals surface area contributed by atoms with Crippen molar-refractivity contribution in [3.05, 3.63) is 39.0 Å². The fourth-order valence-corrected chi connectivity index (χ4v) is 3.30. The molecule has 108 valence electrons. The predicted octanol–water partition coefficient (Wildman–Crippen LogP) is 4.76. The minimum Gasteiger partial charge on any atom is -0.496 e. The summed E-state index contributed by atoms with van der Waals surface area (Å²) in [5, 5.41) is -0.359. The zero-order valence-corrected chi connectivity index (χ0v) is 13.6. The normalized spacial score (nSPS) is 12.1. The van der Waals surface area contributed by atoms with Crippen molar-refractivity contribution >= 4 is 34.5 Å². The molecule has 0 N–H and O–H groups in total. The maximum absolute atomic E-state index is 6.53. The quantitative estimate of drug-likeness (QED) is 0.739. The fourth-order valence-electron chi connectivity index (χ4n) is 1.87. The van der Waals surface area contributed by atoms with E-state index in [1.807, 2.05) is 18.2 Å². The molecule has 2 aromatic rings. The molecule has 0 amide bonds. The smallest absolute Gasteiger partial charge is 0.164 e. The zero-order chi connectivity index (χ0) is 14.7. The molecule has 1 heterocycles. The highest BCUT2D eigenvalue weighted by Gasteiger charge is 2.21. The topological polar surface area (TPSA) is 27.7 Å². The van der Waals surface area contributed by atoms with Gasteiger partial charge in [-0.2, -0.15) is 0 Å². The van der Waals surface area contributed by atoms with Crippen LogP contribution in [0, 0.1) is 0 Å². The summed E-state index contributed by atoms with van der Waals surface area (Å²) in [7, 11) is 4.75. The van der Waals surface area contributed by atoms with Crippen LogP contribution in [0.25, 0.3) is 0 Å². The second kappa shape index (κ2) is 6.57. The van der Waals surface area contributed by atoms with Crippen LogP contribution in [-0.4, -0.2) is 21.3 Å². The van der Waals surface area contributed by atoms with E-state index in [2.05, 4.69) is 0 Å². The highest BCUT2D eigenvalue weighted by Crippen LogP contribution is 2.43. The zero-order valence-electron chi connectivity index (χ0n) is 11.3. The van der Waals surface area contributed by atoms with E-state index < -0.39 is 0 Å². The predicted molar refractivity (Wildman–Crippen MR) is 83.1 cm³/mol. The van der Waals surface area contributed by atoms with Crippen LogP contribution in [0.15, 0.2) is 24.3 Å². The summed E-state index contributed by atoms with van der Waals surface area (Å²) >= 11 is 13.9. The second-order valence-corrected chi connectivity index (χ2v) is 6.14. The molecule has 0 spiro atoms. The van der Waals surface area contributed by atoms with Gasteiger partial charge in [-0.3, -0.25) is 0 Å². The Morgan fingerprint density at radius 3 is 2.05 bits per heavy atom. The van der Waals surface area contributed by atoms with Crippen LogP contribution in [0.2, 0.25) is 4.34 Å². The maximum Gasteiger partial charge on any atom is 0.164 e. The van der Waals surface area contributed by atoms with Crippen LogP contribution in [0.1, 0.15) is 15.8 Å². The van der Waals surface area contributed by atoms with Crippen LogP contribution < -0.4 is 14.2 Å². The number of hydrogen-bond acceptors (Lipinski definition) is 4. The Bertz CT molecular complexity index is 598. The number of halogens is 2. The Kier molecular flexibility index (Phi) is 5.02. The Morgan fingerprint density at radius 1 is 0.950 bits per heavy atom. The lowest BCUT2D eigenvalue weighted by Gasteiger charge is -2.16. The molecule has 0 radical (unpaired) electrons. The minimum atomic E-state index is -0.359. The largest absolute Gasteiger partial charge is 0.496 e. The second-order valence-electron chi connectivity index (χ2n) is 3.95. The average Bonchev–Trinajstić information content (AvgIpc) is 2.91. The van der Waals surface area contributed by atoms with Gasteiger partial charge in [0, 0.05) is 16.5 Å². The Hall–Kier alpha value is -1.10. The summed E-state index contributed by atoms with van der Waals surface area (Å²) in [5.74, 6) is 1.85. The Labute approximate surface area is 132 Å². The maximum atomic E-state index is 6.53. The van der Waals surface area contributed by atoms with Gasteiger partial charge in [-0.1, -0.05) is 11.6 Å². The van der Waals surface area contributed by atoms with Crippen LogP contribution in [-0.2, 0) is 0 Å². The molecule has 1 unspecified atom stereocenters. The van der Waals surface area contributed by atoms with Gasteiger partial charge >= 0.3 is 0 Å². The molecule has 0 bridgehead atoms. The molecule has 0 saturated heterocycles. The molecule has 0 saturated carbocycles. The van der Waals surface area contributed by atoms with Crippen molar-refractivity contribution in [2.45, 2.75) is 5.38 Å². The van der Waals surface area contributed by atoms with Gasteiger partial charge in [0.15, 0.2) is 11.5 Å². The number of rotatable bonds is 5. The molecule has 0 fully saturated rings. The number of hydrogen-bond donors (Lipinski definition) is 0. The Morgan fingerprint density at radius 2 is 1.55 bits per heavy atom. The third kappa shape index (κ3) is 2.97. The van der Waals surface area contributed by atoms with E-state index in [0.717, 1.165) is 10.4 Å². The van der Waals surface area contributed by atoms with Gasteiger partial charge in [-0.05, 0) is 18.2 Å². The fraction of sp³-hybridized carbons (Fsp3) is 0.286. The van der Waals surface area contributed by atoms with E-state index in [-0.39, 0.29) is 5.38 Å². The number of thiophene rings is 1. The Balaban J connectivity index is 2.49. The van der Waals surface area contributed by atoms with E-state index >= 15 is 0 Å². The number of methoxy groups -OCH3 is 3. The molecule has 0 aliphatic heterocycles. The van der Waals surface area contributed by atoms with Gasteiger partial charge in [0.05, 0.1) is 31.0 Å². The molecular formula is C14H14Cl2O3S. The van der Waals surface area contributed by atoms with Gasteiger partial charge in [0.2, 0.25) is 0 Å². The van der Waals surface area contributed by atoms with Crippen molar-refractivity contribution < 1.29 is 14.2 Å². The van der Waals surface area contributed by atoms with E-state index in [9.17, 15) is 0 Å². The van der Waals surface area contributed by atoms with Crippen molar-refractivity contribution in [1.82, 2.24) is 0 Å². The number of alkyl halides is 1. The summed E-state index contributed by atoms with van der Waals surface area (Å²) < 4.78 is 16.7. The summed E-state index contributed by atoms with van der Waals surface area (Å²) in [5.41, 5.74) is 0.810. The van der Waals surface area contributed by atoms with Gasteiger partial charge in [-0.25, -0.2) is 0 Å². The van der Waals surface area contributed by atoms with Crippen molar-refractivity contribution in [3.8, 4) is 17.2 Å². The molecule has 3 nitrogen and oxygen atoms in total. The third-order valence-electron chi connectivity index (χ3n) is 2.85. The standard InChI is InChI=1S/C14H14Cl2O3S/c1-17-9-7-11(19-3)10(18-2)6-8(9)14(16)12-4-5-13(15)20-12/h4-7,14H,1-3H3. The first kappa shape index (κ1) is 15.3. The summed E-state index contributed by atoms with van der Waals surface area (Å²) in [6.07, 6.45) is 0. The number of ether oxygens (including phenoxy) is 3. The first-order valence-corrected chi connectivity index (χ1v) is 7.43. The third-order valence-corrected chi connectivity index (χ3v) is 4.75. The van der Waals surface area contributed by atoms with Crippen molar-refractivity contribution in [2.75, 3.05) is 21.3 Å². The average molecular weight is 333 g/mol. The first-order chi connectivity index (χ1) is 9.60. The molecule has 20 heavy (non-hydrogen) atoms. The van der Waals surface area contributed by atoms with Crippen LogP contribution in [0.3, 0.4) is 0 Å². The van der Waals surface area contributed by atoms with Gasteiger partial charge < -0.3 is 14.2 Å². The molecular weight excluding hydrogens is 319 g/mol.